The molecule has 7 nitrogen and oxygen atoms in total. The first kappa shape index (κ1) is 22.5. The van der Waals surface area contributed by atoms with E-state index in [1.54, 1.807) is 13.1 Å². The molecule has 166 valence electrons. The second-order valence-electron chi connectivity index (χ2n) is 8.44. The van der Waals surface area contributed by atoms with E-state index in [-0.39, 0.29) is 30.5 Å². The van der Waals surface area contributed by atoms with E-state index in [4.69, 9.17) is 4.74 Å². The number of hydrazone groups is 1. The number of nitrogens with one attached hydrogen (secondary N) is 1. The van der Waals surface area contributed by atoms with Gasteiger partial charge in [0.15, 0.2) is 0 Å². The fraction of sp³-hybridized carbons (Fsp3) is 0.632. The number of hydrogen-bond acceptors (Lipinski definition) is 6. The molecule has 2 heterocycles. The molecule has 0 radical (unpaired) electrons. The molecule has 2 atom stereocenters. The summed E-state index contributed by atoms with van der Waals surface area (Å²) < 4.78 is 46.5. The van der Waals surface area contributed by atoms with E-state index in [1.807, 2.05) is 20.8 Å². The van der Waals surface area contributed by atoms with Crippen molar-refractivity contribution in [3.05, 3.63) is 31.3 Å². The molecule has 0 spiro atoms. The maximum Gasteiger partial charge on any atom is 0.393 e. The molecule has 0 bridgehead atoms. The molecule has 30 heavy (non-hydrogen) atoms. The van der Waals surface area contributed by atoms with Crippen LogP contribution in [0.1, 0.15) is 43.7 Å². The summed E-state index contributed by atoms with van der Waals surface area (Å²) >= 11 is 1.21. The summed E-state index contributed by atoms with van der Waals surface area (Å²) in [7, 11) is 1.47. The lowest BCUT2D eigenvalue weighted by atomic mass is 10.1. The maximum atomic E-state index is 13.1. The zero-order chi connectivity index (χ0) is 22.4. The molecule has 1 fully saturated rings. The number of ether oxygens (including phenoxy) is 1. The summed E-state index contributed by atoms with van der Waals surface area (Å²) in [6, 6.07) is -1.16. The predicted octanol–water partition coefficient (Wildman–Crippen LogP) is 3.02. The van der Waals surface area contributed by atoms with Crippen molar-refractivity contribution in [3.63, 3.8) is 0 Å². The van der Waals surface area contributed by atoms with Crippen LogP contribution in [0.25, 0.3) is 10.2 Å². The lowest BCUT2D eigenvalue weighted by Crippen LogP contribution is -2.40. The van der Waals surface area contributed by atoms with Crippen LogP contribution in [-0.2, 0) is 11.3 Å². The van der Waals surface area contributed by atoms with Gasteiger partial charge in [0.1, 0.15) is 4.83 Å². The highest BCUT2D eigenvalue weighted by Crippen LogP contribution is 2.52. The SMILES string of the molecule is COCCn1c(=O)n(C2CC2C(F)(F)F)c(=O)c2c(C)c(C=NNC(C)(C)C)sc21. The number of halogens is 3. The number of hydrogen-bond donors (Lipinski definition) is 1. The number of fused-ring (bicyclic) bond motifs is 1. The van der Waals surface area contributed by atoms with Gasteiger partial charge in [0.25, 0.3) is 5.56 Å². The first-order valence-corrected chi connectivity index (χ1v) is 10.3. The van der Waals surface area contributed by atoms with Crippen molar-refractivity contribution >= 4 is 27.8 Å². The monoisotopic (exact) mass is 446 g/mol. The van der Waals surface area contributed by atoms with Gasteiger partial charge >= 0.3 is 11.9 Å². The molecule has 1 saturated carbocycles. The third-order valence-electron chi connectivity index (χ3n) is 4.89. The molecule has 1 N–H and O–H groups in total. The molecule has 0 amide bonds. The molecular weight excluding hydrogens is 421 g/mol. The van der Waals surface area contributed by atoms with E-state index in [1.165, 1.54) is 23.0 Å². The Morgan fingerprint density at radius 1 is 1.30 bits per heavy atom. The minimum Gasteiger partial charge on any atom is -0.383 e. The summed E-state index contributed by atoms with van der Waals surface area (Å²) in [6.45, 7) is 7.85. The molecule has 3 rings (SSSR count). The Bertz CT molecular complexity index is 1090. The quantitative estimate of drug-likeness (QED) is 0.547. The van der Waals surface area contributed by atoms with Crippen LogP contribution in [0.3, 0.4) is 0 Å². The molecule has 2 unspecified atom stereocenters. The Balaban J connectivity index is 2.17. The van der Waals surface area contributed by atoms with Crippen molar-refractivity contribution in [2.75, 3.05) is 13.7 Å². The Hall–Kier alpha value is -2.14. The molecule has 2 aromatic rings. The number of alkyl halides is 3. The van der Waals surface area contributed by atoms with Crippen molar-refractivity contribution < 1.29 is 17.9 Å². The molecule has 0 aliphatic heterocycles. The van der Waals surface area contributed by atoms with Gasteiger partial charge in [0.2, 0.25) is 0 Å². The van der Waals surface area contributed by atoms with Crippen LogP contribution in [0.4, 0.5) is 13.2 Å². The Kier molecular flexibility index (Phi) is 5.89. The Labute approximate surface area is 175 Å². The minimum absolute atomic E-state index is 0.131. The highest BCUT2D eigenvalue weighted by molar-refractivity contribution is 7.20. The predicted molar refractivity (Wildman–Crippen MR) is 111 cm³/mol. The molecule has 0 saturated heterocycles. The van der Waals surface area contributed by atoms with Crippen molar-refractivity contribution in [3.8, 4) is 0 Å². The van der Waals surface area contributed by atoms with Crippen LogP contribution in [-0.4, -0.2) is 40.8 Å². The van der Waals surface area contributed by atoms with Gasteiger partial charge in [-0.05, 0) is 39.7 Å². The third-order valence-corrected chi connectivity index (χ3v) is 6.14. The zero-order valence-electron chi connectivity index (χ0n) is 17.5. The minimum atomic E-state index is -4.44. The van der Waals surface area contributed by atoms with Crippen LogP contribution in [0.2, 0.25) is 0 Å². The van der Waals surface area contributed by atoms with Gasteiger partial charge in [-0.15, -0.1) is 11.3 Å². The number of thiophene rings is 1. The van der Waals surface area contributed by atoms with Gasteiger partial charge in [0.05, 0.1) is 41.6 Å². The molecule has 0 aromatic carbocycles. The lowest BCUT2D eigenvalue weighted by Gasteiger charge is -2.16. The molecule has 2 aromatic heterocycles. The van der Waals surface area contributed by atoms with Gasteiger partial charge in [-0.1, -0.05) is 0 Å². The normalized spacial score (nSPS) is 19.7. The number of aryl methyl sites for hydroxylation is 1. The molecular formula is C19H25F3N4O3S. The van der Waals surface area contributed by atoms with Crippen LogP contribution < -0.4 is 16.7 Å². The van der Waals surface area contributed by atoms with E-state index in [9.17, 15) is 22.8 Å². The average Bonchev–Trinajstić information content (AvgIpc) is 3.33. The van der Waals surface area contributed by atoms with Gasteiger partial charge < -0.3 is 10.2 Å². The second-order valence-corrected chi connectivity index (χ2v) is 9.48. The summed E-state index contributed by atoms with van der Waals surface area (Å²) in [5, 5.41) is 4.44. The number of methoxy groups -OCH3 is 1. The highest BCUT2D eigenvalue weighted by Gasteiger charge is 2.57. The van der Waals surface area contributed by atoms with Gasteiger partial charge in [-0.25, -0.2) is 4.79 Å². The number of aromatic nitrogens is 2. The fourth-order valence-electron chi connectivity index (χ4n) is 3.28. The van der Waals surface area contributed by atoms with Crippen molar-refractivity contribution in [2.24, 2.45) is 11.0 Å². The number of rotatable bonds is 6. The Morgan fingerprint density at radius 3 is 2.50 bits per heavy atom. The van der Waals surface area contributed by atoms with Crippen molar-refractivity contribution in [2.45, 2.75) is 58.4 Å². The molecule has 1 aliphatic carbocycles. The zero-order valence-corrected chi connectivity index (χ0v) is 18.3. The fourth-order valence-corrected chi connectivity index (χ4v) is 4.47. The van der Waals surface area contributed by atoms with Gasteiger partial charge in [-0.2, -0.15) is 18.3 Å². The topological polar surface area (TPSA) is 77.6 Å². The summed E-state index contributed by atoms with van der Waals surface area (Å²) in [5.41, 5.74) is 1.87. The van der Waals surface area contributed by atoms with Crippen LogP contribution >= 0.6 is 11.3 Å². The number of nitrogens with zero attached hydrogens (tertiary/aromatic N) is 3. The Morgan fingerprint density at radius 2 is 1.97 bits per heavy atom. The summed E-state index contributed by atoms with van der Waals surface area (Å²) in [6.07, 6.45) is -3.14. The third kappa shape index (κ3) is 4.31. The van der Waals surface area contributed by atoms with E-state index >= 15 is 0 Å². The molecule has 1 aliphatic rings. The van der Waals surface area contributed by atoms with Crippen LogP contribution in [0.15, 0.2) is 14.7 Å². The smallest absolute Gasteiger partial charge is 0.383 e. The van der Waals surface area contributed by atoms with E-state index in [0.29, 0.717) is 15.3 Å². The highest BCUT2D eigenvalue weighted by atomic mass is 32.1. The van der Waals surface area contributed by atoms with Gasteiger partial charge in [0, 0.05) is 12.6 Å². The standard InChI is InChI=1S/C19H25F3N4O3S/c1-10-13(9-23-24-18(2,3)4)30-16-14(10)15(27)26(12-8-11(12)19(20,21)22)17(28)25(16)6-7-29-5/h9,11-12,24H,6-8H2,1-5H3. The van der Waals surface area contributed by atoms with E-state index < -0.39 is 29.4 Å². The first-order chi connectivity index (χ1) is 13.9. The largest absolute Gasteiger partial charge is 0.393 e. The summed E-state index contributed by atoms with van der Waals surface area (Å²) in [4.78, 5) is 27.2. The van der Waals surface area contributed by atoms with Crippen molar-refractivity contribution in [1.82, 2.24) is 14.6 Å². The summed E-state index contributed by atoms with van der Waals surface area (Å²) in [5.74, 6) is -1.67. The first-order valence-electron chi connectivity index (χ1n) is 9.51. The van der Waals surface area contributed by atoms with Gasteiger partial charge in [-0.3, -0.25) is 13.9 Å². The lowest BCUT2D eigenvalue weighted by molar-refractivity contribution is -0.150. The van der Waals surface area contributed by atoms with Crippen LogP contribution in [0, 0.1) is 12.8 Å². The average molecular weight is 446 g/mol. The van der Waals surface area contributed by atoms with E-state index in [2.05, 4.69) is 10.5 Å². The van der Waals surface area contributed by atoms with Crippen molar-refractivity contribution in [1.29, 1.82) is 0 Å². The van der Waals surface area contributed by atoms with E-state index in [0.717, 1.165) is 4.57 Å². The maximum absolute atomic E-state index is 13.1. The second kappa shape index (κ2) is 7.84. The molecule has 11 heteroatoms. The van der Waals surface area contributed by atoms with Crippen LogP contribution in [0.5, 0.6) is 0 Å².